The van der Waals surface area contributed by atoms with Crippen molar-refractivity contribution in [2.24, 2.45) is 7.05 Å². The molecule has 0 unspecified atom stereocenters. The summed E-state index contributed by atoms with van der Waals surface area (Å²) in [6.07, 6.45) is 1.50. The number of carbonyl (C=O) groups excluding carboxylic acids is 1. The molecule has 8 nitrogen and oxygen atoms in total. The Morgan fingerprint density at radius 2 is 1.84 bits per heavy atom. The molecule has 32 heavy (non-hydrogen) atoms. The van der Waals surface area contributed by atoms with Crippen molar-refractivity contribution >= 4 is 12.0 Å². The minimum absolute atomic E-state index is 0.0354. The minimum atomic E-state index is -0.496. The van der Waals surface area contributed by atoms with Crippen molar-refractivity contribution in [3.05, 3.63) is 97.7 Å². The van der Waals surface area contributed by atoms with Gasteiger partial charge in [-0.25, -0.2) is 4.79 Å². The van der Waals surface area contributed by atoms with Gasteiger partial charge in [0, 0.05) is 13.6 Å². The SMILES string of the molecule is COc1cccc(CNC(=O)C2=Cc3c(n(C)c(=O)n(Cc4ccccc4)c3=O)OC2)c1. The molecule has 1 N–H and O–H groups in total. The van der Waals surface area contributed by atoms with E-state index >= 15 is 0 Å². The molecule has 4 rings (SSSR count). The Bertz CT molecular complexity index is 1310. The number of ether oxygens (including phenoxy) is 2. The van der Waals surface area contributed by atoms with Crippen molar-refractivity contribution in [3.63, 3.8) is 0 Å². The summed E-state index contributed by atoms with van der Waals surface area (Å²) in [5.41, 5.74) is 1.22. The maximum Gasteiger partial charge on any atom is 0.333 e. The van der Waals surface area contributed by atoms with Crippen molar-refractivity contribution < 1.29 is 14.3 Å². The van der Waals surface area contributed by atoms with Crippen LogP contribution in [0.1, 0.15) is 16.7 Å². The summed E-state index contributed by atoms with van der Waals surface area (Å²) in [7, 11) is 3.13. The largest absolute Gasteiger partial charge is 0.497 e. The van der Waals surface area contributed by atoms with Gasteiger partial charge in [0.15, 0.2) is 0 Å². The van der Waals surface area contributed by atoms with Crippen molar-refractivity contribution in [3.8, 4) is 11.6 Å². The molecule has 0 saturated carbocycles. The summed E-state index contributed by atoms with van der Waals surface area (Å²) >= 11 is 0. The second-order valence-electron chi connectivity index (χ2n) is 7.43. The number of methoxy groups -OCH3 is 1. The van der Waals surface area contributed by atoms with Gasteiger partial charge in [0.1, 0.15) is 17.9 Å². The minimum Gasteiger partial charge on any atom is -0.497 e. The van der Waals surface area contributed by atoms with Crippen molar-refractivity contribution in [2.75, 3.05) is 13.7 Å². The second-order valence-corrected chi connectivity index (χ2v) is 7.43. The van der Waals surface area contributed by atoms with E-state index in [1.165, 1.54) is 10.6 Å². The van der Waals surface area contributed by atoms with Gasteiger partial charge >= 0.3 is 5.69 Å². The summed E-state index contributed by atoms with van der Waals surface area (Å²) in [5, 5.41) is 2.83. The molecule has 1 aliphatic heterocycles. The quantitative estimate of drug-likeness (QED) is 0.639. The van der Waals surface area contributed by atoms with Gasteiger partial charge in [-0.3, -0.25) is 18.7 Å². The van der Waals surface area contributed by atoms with E-state index in [1.807, 2.05) is 54.6 Å². The van der Waals surface area contributed by atoms with Crippen LogP contribution < -0.4 is 26.0 Å². The molecule has 1 aromatic heterocycles. The normalized spacial score (nSPS) is 12.4. The van der Waals surface area contributed by atoms with Gasteiger partial charge in [0.05, 0.1) is 19.2 Å². The molecule has 0 fully saturated rings. The van der Waals surface area contributed by atoms with Crippen LogP contribution in [0.15, 0.2) is 69.8 Å². The van der Waals surface area contributed by atoms with E-state index in [-0.39, 0.29) is 30.5 Å². The molecule has 0 bridgehead atoms. The summed E-state index contributed by atoms with van der Waals surface area (Å²) in [6, 6.07) is 16.6. The third-order valence-electron chi connectivity index (χ3n) is 5.27. The Kier molecular flexibility index (Phi) is 5.93. The summed E-state index contributed by atoms with van der Waals surface area (Å²) in [6.45, 7) is 0.392. The highest BCUT2D eigenvalue weighted by molar-refractivity contribution is 5.98. The highest BCUT2D eigenvalue weighted by Crippen LogP contribution is 2.22. The molecule has 0 atom stereocenters. The fraction of sp³-hybridized carbons (Fsp3) is 0.208. The molecule has 0 saturated heterocycles. The van der Waals surface area contributed by atoms with Gasteiger partial charge < -0.3 is 14.8 Å². The Balaban J connectivity index is 1.61. The lowest BCUT2D eigenvalue weighted by Gasteiger charge is -2.21. The van der Waals surface area contributed by atoms with Gasteiger partial charge in [-0.05, 0) is 29.3 Å². The number of hydrogen-bond acceptors (Lipinski definition) is 5. The van der Waals surface area contributed by atoms with Gasteiger partial charge in [-0.1, -0.05) is 42.5 Å². The number of hydrogen-bond donors (Lipinski definition) is 1. The lowest BCUT2D eigenvalue weighted by Crippen LogP contribution is -2.42. The van der Waals surface area contributed by atoms with E-state index in [0.29, 0.717) is 17.9 Å². The Hall–Kier alpha value is -4.07. The first-order chi connectivity index (χ1) is 15.5. The molecule has 1 aliphatic rings. The molecule has 0 aliphatic carbocycles. The zero-order chi connectivity index (χ0) is 22.7. The number of carbonyl (C=O) groups is 1. The second kappa shape index (κ2) is 8.97. The van der Waals surface area contributed by atoms with Crippen LogP contribution >= 0.6 is 0 Å². The van der Waals surface area contributed by atoms with Crippen LogP contribution in [0.4, 0.5) is 0 Å². The molecule has 164 valence electrons. The number of rotatable bonds is 6. The number of nitrogens with one attached hydrogen (secondary N) is 1. The Labute approximate surface area is 184 Å². The molecule has 0 radical (unpaired) electrons. The zero-order valence-corrected chi connectivity index (χ0v) is 17.8. The molecule has 2 aromatic carbocycles. The predicted octanol–water partition coefficient (Wildman–Crippen LogP) is 1.70. The number of nitrogens with zero attached hydrogens (tertiary/aromatic N) is 2. The standard InChI is InChI=1S/C24H23N3O5/c1-26-23-20(22(29)27(24(26)30)14-16-7-4-3-5-8-16)12-18(15-32-23)21(28)25-13-17-9-6-10-19(11-17)31-2/h3-12H,13-15H2,1-2H3,(H,25,28). The van der Waals surface area contributed by atoms with Crippen LogP contribution in [0.2, 0.25) is 0 Å². The smallest absolute Gasteiger partial charge is 0.333 e. The van der Waals surface area contributed by atoms with Crippen LogP contribution in [0.5, 0.6) is 11.6 Å². The van der Waals surface area contributed by atoms with Crippen LogP contribution in [-0.4, -0.2) is 28.8 Å². The molecular formula is C24H23N3O5. The first-order valence-electron chi connectivity index (χ1n) is 10.1. The molecule has 2 heterocycles. The monoisotopic (exact) mass is 433 g/mol. The van der Waals surface area contributed by atoms with Crippen molar-refractivity contribution in [2.45, 2.75) is 13.1 Å². The number of benzene rings is 2. The van der Waals surface area contributed by atoms with Crippen LogP contribution in [0.25, 0.3) is 6.08 Å². The molecule has 8 heteroatoms. The zero-order valence-electron chi connectivity index (χ0n) is 17.8. The van der Waals surface area contributed by atoms with Crippen molar-refractivity contribution in [1.82, 2.24) is 14.5 Å². The van der Waals surface area contributed by atoms with E-state index in [4.69, 9.17) is 9.47 Å². The number of aromatic nitrogens is 2. The van der Waals surface area contributed by atoms with E-state index in [0.717, 1.165) is 15.7 Å². The van der Waals surface area contributed by atoms with Crippen LogP contribution in [0, 0.1) is 0 Å². The Morgan fingerprint density at radius 3 is 2.59 bits per heavy atom. The highest BCUT2D eigenvalue weighted by Gasteiger charge is 2.24. The molecule has 3 aromatic rings. The molecule has 1 amide bonds. The third-order valence-corrected chi connectivity index (χ3v) is 5.27. The highest BCUT2D eigenvalue weighted by atomic mass is 16.5. The molecular weight excluding hydrogens is 410 g/mol. The third kappa shape index (κ3) is 4.20. The lowest BCUT2D eigenvalue weighted by molar-refractivity contribution is -0.117. The number of amides is 1. The lowest BCUT2D eigenvalue weighted by atomic mass is 10.1. The van der Waals surface area contributed by atoms with Gasteiger partial charge in [0.2, 0.25) is 5.88 Å². The fourth-order valence-corrected chi connectivity index (χ4v) is 3.55. The van der Waals surface area contributed by atoms with Gasteiger partial charge in [-0.2, -0.15) is 0 Å². The van der Waals surface area contributed by atoms with Crippen molar-refractivity contribution in [1.29, 1.82) is 0 Å². The van der Waals surface area contributed by atoms with E-state index in [2.05, 4.69) is 5.32 Å². The average Bonchev–Trinajstić information content (AvgIpc) is 2.84. The maximum absolute atomic E-state index is 13.1. The number of fused-ring (bicyclic) bond motifs is 1. The maximum atomic E-state index is 13.1. The first kappa shape index (κ1) is 21.2. The van der Waals surface area contributed by atoms with Gasteiger partial charge in [-0.15, -0.1) is 0 Å². The van der Waals surface area contributed by atoms with Crippen LogP contribution in [0.3, 0.4) is 0 Å². The van der Waals surface area contributed by atoms with E-state index in [1.54, 1.807) is 14.2 Å². The van der Waals surface area contributed by atoms with E-state index < -0.39 is 11.2 Å². The topological polar surface area (TPSA) is 91.6 Å². The predicted molar refractivity (Wildman–Crippen MR) is 120 cm³/mol. The first-order valence-corrected chi connectivity index (χ1v) is 10.1. The van der Waals surface area contributed by atoms with E-state index in [9.17, 15) is 14.4 Å². The van der Waals surface area contributed by atoms with Gasteiger partial charge in [0.25, 0.3) is 11.5 Å². The fourth-order valence-electron chi connectivity index (χ4n) is 3.55. The summed E-state index contributed by atoms with van der Waals surface area (Å²) < 4.78 is 13.3. The average molecular weight is 433 g/mol. The molecule has 0 spiro atoms. The summed E-state index contributed by atoms with van der Waals surface area (Å²) in [5.74, 6) is 0.515. The summed E-state index contributed by atoms with van der Waals surface area (Å²) in [4.78, 5) is 38.5. The van der Waals surface area contributed by atoms with Crippen LogP contribution in [-0.2, 0) is 24.9 Å². The Morgan fingerprint density at radius 1 is 1.09 bits per heavy atom.